The molecule has 1 aromatic heterocycles. The van der Waals surface area contributed by atoms with Gasteiger partial charge in [-0.05, 0) is 96.4 Å². The zero-order chi connectivity index (χ0) is 33.2. The van der Waals surface area contributed by atoms with E-state index in [4.69, 9.17) is 8.53 Å². The van der Waals surface area contributed by atoms with E-state index in [1.807, 2.05) is 91.0 Å². The van der Waals surface area contributed by atoms with Gasteiger partial charge >= 0.3 is 0 Å². The molecule has 1 heterocycles. The summed E-state index contributed by atoms with van der Waals surface area (Å²) in [6.07, 6.45) is 0. The minimum atomic E-state index is -0.183. The lowest BCUT2D eigenvalue weighted by Crippen LogP contribution is -1.91. The Morgan fingerprint density at radius 3 is 1.62 bits per heavy atom. The first-order valence-electron chi connectivity index (χ1n) is 17.1. The minimum Gasteiger partial charge on any atom is -0.456 e. The molecular weight excluding hydrogens is 544 g/mol. The number of furan rings is 1. The first kappa shape index (κ1) is 21.7. The van der Waals surface area contributed by atoms with Gasteiger partial charge in [-0.1, -0.05) is 139 Å². The molecule has 1 nitrogen and oxygen atoms in total. The van der Waals surface area contributed by atoms with Gasteiger partial charge in [0.05, 0.1) is 5.48 Å². The molecule has 9 aromatic rings. The van der Waals surface area contributed by atoms with E-state index in [0.29, 0.717) is 16.7 Å². The number of hydrogen-bond acceptors (Lipinski definition) is 1. The number of para-hydroxylation sites is 1. The maximum absolute atomic E-state index is 9.46. The number of hydrogen-bond donors (Lipinski definition) is 0. The van der Waals surface area contributed by atoms with Crippen LogP contribution in [0.5, 0.6) is 0 Å². The average Bonchev–Trinajstić information content (AvgIpc) is 3.52. The fourth-order valence-corrected chi connectivity index (χ4v) is 6.69. The van der Waals surface area contributed by atoms with Crippen LogP contribution in [0, 0.1) is 0 Å². The molecule has 0 aliphatic rings. The summed E-state index contributed by atoms with van der Waals surface area (Å²) in [6, 6.07) is 48.4. The molecule has 0 atom stereocenters. The summed E-state index contributed by atoms with van der Waals surface area (Å²) in [7, 11) is 0. The van der Waals surface area contributed by atoms with E-state index in [1.165, 1.54) is 0 Å². The lowest BCUT2D eigenvalue weighted by Gasteiger charge is -2.18. The molecule has 45 heavy (non-hydrogen) atoms. The van der Waals surface area contributed by atoms with E-state index < -0.39 is 0 Å². The third kappa shape index (κ3) is 4.24. The van der Waals surface area contributed by atoms with Gasteiger partial charge in [-0.3, -0.25) is 0 Å². The van der Waals surface area contributed by atoms with Crippen molar-refractivity contribution < 1.29 is 9.90 Å². The van der Waals surface area contributed by atoms with Gasteiger partial charge < -0.3 is 4.42 Å². The van der Waals surface area contributed by atoms with Crippen molar-refractivity contribution in [2.24, 2.45) is 0 Å². The second-order valence-corrected chi connectivity index (χ2v) is 11.3. The van der Waals surface area contributed by atoms with E-state index in [-0.39, 0.29) is 24.2 Å². The monoisotopic (exact) mass is 576 g/mol. The van der Waals surface area contributed by atoms with Crippen molar-refractivity contribution >= 4 is 43.5 Å². The molecule has 0 saturated carbocycles. The summed E-state index contributed by atoms with van der Waals surface area (Å²) in [5, 5.41) is 5.95. The summed E-state index contributed by atoms with van der Waals surface area (Å²) in [5.74, 6) is 0. The molecule has 0 spiro atoms. The predicted molar refractivity (Wildman–Crippen MR) is 190 cm³/mol. The van der Waals surface area contributed by atoms with E-state index in [9.17, 15) is 1.37 Å². The van der Waals surface area contributed by atoms with Crippen molar-refractivity contribution in [3.05, 3.63) is 170 Å². The van der Waals surface area contributed by atoms with Crippen molar-refractivity contribution in [2.45, 2.75) is 0 Å². The van der Waals surface area contributed by atoms with Crippen molar-refractivity contribution in [3.8, 4) is 44.5 Å². The smallest absolute Gasteiger partial charge is 0.135 e. The third-order valence-electron chi connectivity index (χ3n) is 8.73. The van der Waals surface area contributed by atoms with Gasteiger partial charge in [-0.2, -0.15) is 0 Å². The summed E-state index contributed by atoms with van der Waals surface area (Å²) in [6.45, 7) is 0. The van der Waals surface area contributed by atoms with Crippen LogP contribution < -0.4 is 0 Å². The van der Waals surface area contributed by atoms with Crippen molar-refractivity contribution in [2.75, 3.05) is 0 Å². The topological polar surface area (TPSA) is 13.1 Å². The Balaban J connectivity index is 1.31. The van der Waals surface area contributed by atoms with Gasteiger partial charge in [0, 0.05) is 10.8 Å². The molecule has 0 aliphatic heterocycles. The molecule has 0 bridgehead atoms. The van der Waals surface area contributed by atoms with Gasteiger partial charge in [0.1, 0.15) is 11.2 Å². The van der Waals surface area contributed by atoms with E-state index in [2.05, 4.69) is 54.6 Å². The van der Waals surface area contributed by atoms with Crippen LogP contribution in [-0.4, -0.2) is 0 Å². The van der Waals surface area contributed by atoms with Crippen LogP contribution in [0.15, 0.2) is 174 Å². The van der Waals surface area contributed by atoms with Gasteiger partial charge in [-0.25, -0.2) is 0 Å². The molecule has 0 aliphatic carbocycles. The fourth-order valence-electron chi connectivity index (χ4n) is 6.69. The second-order valence-electron chi connectivity index (χ2n) is 11.3. The summed E-state index contributed by atoms with van der Waals surface area (Å²) in [4.78, 5) is 0. The van der Waals surface area contributed by atoms with Gasteiger partial charge in [0.25, 0.3) is 0 Å². The Bertz CT molecular complexity index is 2710. The summed E-state index contributed by atoms with van der Waals surface area (Å²) >= 11 is 0. The van der Waals surface area contributed by atoms with Crippen molar-refractivity contribution in [1.82, 2.24) is 0 Å². The third-order valence-corrected chi connectivity index (χ3v) is 8.73. The first-order chi connectivity index (χ1) is 24.0. The normalized spacial score (nSPS) is 12.8. The van der Waals surface area contributed by atoms with Crippen LogP contribution in [0.2, 0.25) is 0 Å². The average molecular weight is 577 g/mol. The Labute approximate surface area is 267 Å². The molecule has 1 heteroatoms. The maximum Gasteiger partial charge on any atom is 0.135 e. The van der Waals surface area contributed by atoms with Crippen LogP contribution >= 0.6 is 0 Å². The van der Waals surface area contributed by atoms with Crippen LogP contribution in [-0.2, 0) is 0 Å². The Kier molecular flexibility index (Phi) is 5.00. The van der Waals surface area contributed by atoms with E-state index in [0.717, 1.165) is 71.3 Å². The highest BCUT2D eigenvalue weighted by Gasteiger charge is 2.17. The number of benzene rings is 8. The highest BCUT2D eigenvalue weighted by molar-refractivity contribution is 6.21. The van der Waals surface area contributed by atoms with Gasteiger partial charge in [-0.15, -0.1) is 0 Å². The number of fused-ring (bicyclic) bond motifs is 5. The molecule has 0 N–H and O–H groups in total. The largest absolute Gasteiger partial charge is 0.456 e. The summed E-state index contributed by atoms with van der Waals surface area (Å²) < 4.78 is 42.3. The van der Waals surface area contributed by atoms with E-state index in [1.54, 1.807) is 0 Å². The molecule has 0 saturated heterocycles. The zero-order valence-electron chi connectivity index (χ0n) is 28.3. The molecule has 0 radical (unpaired) electrons. The zero-order valence-corrected chi connectivity index (χ0v) is 24.3. The Morgan fingerprint density at radius 2 is 0.889 bits per heavy atom. The second kappa shape index (κ2) is 10.4. The molecule has 9 rings (SSSR count). The van der Waals surface area contributed by atoms with Crippen LogP contribution in [0.1, 0.15) is 5.48 Å². The SMILES string of the molecule is [2H]c1c([2H])c(-c2ccccc2)c([2H])c(-c2c3ccccc3c(-c3cccc(-c4ccc5oc6ccccc6c5c4)c3)c3ccccc23)c1[2H]. The molecule has 0 unspecified atom stereocenters. The van der Waals surface area contributed by atoms with Crippen LogP contribution in [0.25, 0.3) is 88.0 Å². The highest BCUT2D eigenvalue weighted by atomic mass is 16.3. The Morgan fingerprint density at radius 1 is 0.356 bits per heavy atom. The predicted octanol–water partition coefficient (Wildman–Crippen LogP) is 12.6. The summed E-state index contributed by atoms with van der Waals surface area (Å²) in [5.41, 5.74) is 8.20. The van der Waals surface area contributed by atoms with Crippen molar-refractivity contribution in [1.29, 1.82) is 0 Å². The van der Waals surface area contributed by atoms with Crippen molar-refractivity contribution in [3.63, 3.8) is 0 Å². The quantitative estimate of drug-likeness (QED) is 0.190. The molecule has 210 valence electrons. The molecule has 0 fully saturated rings. The fraction of sp³-hybridized carbons (Fsp3) is 0. The lowest BCUT2D eigenvalue weighted by molar-refractivity contribution is 0.669. The molecular formula is C44H28O. The first-order valence-corrected chi connectivity index (χ1v) is 15.1. The molecule has 0 amide bonds. The Hall–Kier alpha value is -5.92. The number of rotatable bonds is 4. The standard InChI is InChI=1S/C44H28O/c1-2-12-29(13-3-1)30-14-10-16-33(26-30)43-36-19-4-6-21-38(36)44(39-22-7-5-20-37(39)43)34-17-11-15-31(27-34)32-24-25-42-40(28-32)35-18-8-9-23-41(35)45-42/h1-28H/i10D,14D,16D,26D. The maximum atomic E-state index is 9.46. The van der Waals surface area contributed by atoms with Crippen LogP contribution in [0.4, 0.5) is 0 Å². The highest BCUT2D eigenvalue weighted by Crippen LogP contribution is 2.45. The van der Waals surface area contributed by atoms with Gasteiger partial charge in [0.15, 0.2) is 0 Å². The molecule has 8 aromatic carbocycles. The lowest BCUT2D eigenvalue weighted by atomic mass is 9.85. The minimum absolute atomic E-state index is 0.0874. The van der Waals surface area contributed by atoms with E-state index >= 15 is 0 Å². The van der Waals surface area contributed by atoms with Gasteiger partial charge in [0.2, 0.25) is 0 Å². The van der Waals surface area contributed by atoms with Crippen LogP contribution in [0.3, 0.4) is 0 Å².